The lowest BCUT2D eigenvalue weighted by atomic mass is 10.3. The Kier molecular flexibility index (Phi) is 2.59. The Hall–Kier alpha value is -1.63. The predicted molar refractivity (Wildman–Crippen MR) is 55.1 cm³/mol. The minimum Gasteiger partial charge on any atom is -0.367 e. The smallest absolute Gasteiger partial charge is 0.233 e. The maximum absolute atomic E-state index is 5.38. The van der Waals surface area contributed by atoms with Crippen molar-refractivity contribution in [2.45, 2.75) is 6.42 Å². The SMILES string of the molecule is Nc1nsc(NCCc2cnc[nH]2)n1. The molecule has 0 amide bonds. The van der Waals surface area contributed by atoms with Gasteiger partial charge in [0.15, 0.2) is 0 Å². The third-order valence-electron chi connectivity index (χ3n) is 1.67. The molecule has 2 aromatic heterocycles. The predicted octanol–water partition coefficient (Wildman–Crippen LogP) is 0.498. The molecule has 0 saturated heterocycles. The number of nitrogen functional groups attached to an aromatic ring is 1. The Morgan fingerprint density at radius 2 is 2.50 bits per heavy atom. The standard InChI is InChI=1S/C7H10N6S/c8-6-12-7(14-13-6)10-2-1-5-3-9-4-11-5/h3-4H,1-2H2,(H,9,11)(H3,8,10,12,13). The van der Waals surface area contributed by atoms with Crippen molar-refractivity contribution < 1.29 is 0 Å². The highest BCUT2D eigenvalue weighted by molar-refractivity contribution is 7.09. The van der Waals surface area contributed by atoms with Crippen LogP contribution < -0.4 is 11.1 Å². The van der Waals surface area contributed by atoms with Crippen LogP contribution in [-0.2, 0) is 6.42 Å². The van der Waals surface area contributed by atoms with Gasteiger partial charge in [-0.3, -0.25) is 0 Å². The fourth-order valence-electron chi connectivity index (χ4n) is 1.03. The van der Waals surface area contributed by atoms with E-state index in [0.29, 0.717) is 5.95 Å². The Labute approximate surface area is 84.8 Å². The van der Waals surface area contributed by atoms with E-state index in [2.05, 4.69) is 24.6 Å². The van der Waals surface area contributed by atoms with Crippen LogP contribution in [0.1, 0.15) is 5.69 Å². The molecule has 0 saturated carbocycles. The van der Waals surface area contributed by atoms with Gasteiger partial charge in [0.2, 0.25) is 11.1 Å². The molecule has 0 radical (unpaired) electrons. The second-order valence-corrected chi connectivity index (χ2v) is 3.46. The number of nitrogens with one attached hydrogen (secondary N) is 2. The summed E-state index contributed by atoms with van der Waals surface area (Å²) in [5, 5.41) is 3.87. The van der Waals surface area contributed by atoms with E-state index in [9.17, 15) is 0 Å². The van der Waals surface area contributed by atoms with Crippen LogP contribution in [0.2, 0.25) is 0 Å². The molecule has 14 heavy (non-hydrogen) atoms. The van der Waals surface area contributed by atoms with Gasteiger partial charge in [-0.05, 0) is 0 Å². The molecule has 0 aliphatic rings. The first-order chi connectivity index (χ1) is 6.84. The van der Waals surface area contributed by atoms with Gasteiger partial charge in [-0.25, -0.2) is 4.98 Å². The van der Waals surface area contributed by atoms with Gasteiger partial charge in [0.25, 0.3) is 0 Å². The summed E-state index contributed by atoms with van der Waals surface area (Å²) >= 11 is 1.26. The molecule has 6 nitrogen and oxygen atoms in total. The van der Waals surface area contributed by atoms with Crippen LogP contribution in [0.5, 0.6) is 0 Å². The van der Waals surface area contributed by atoms with Crippen LogP contribution in [0.25, 0.3) is 0 Å². The average molecular weight is 210 g/mol. The number of aromatic amines is 1. The lowest BCUT2D eigenvalue weighted by Gasteiger charge is -1.98. The molecular formula is C7H10N6S. The third kappa shape index (κ3) is 2.19. The minimum atomic E-state index is 0.319. The Bertz CT molecular complexity index is 381. The Morgan fingerprint density at radius 3 is 3.14 bits per heavy atom. The van der Waals surface area contributed by atoms with Crippen LogP contribution in [0.15, 0.2) is 12.5 Å². The van der Waals surface area contributed by atoms with Gasteiger partial charge < -0.3 is 16.0 Å². The second kappa shape index (κ2) is 4.05. The zero-order valence-electron chi connectivity index (χ0n) is 7.40. The van der Waals surface area contributed by atoms with Crippen molar-refractivity contribution >= 4 is 22.6 Å². The van der Waals surface area contributed by atoms with Gasteiger partial charge in [0.1, 0.15) is 0 Å². The monoisotopic (exact) mass is 210 g/mol. The number of hydrogen-bond donors (Lipinski definition) is 3. The molecule has 4 N–H and O–H groups in total. The lowest BCUT2D eigenvalue weighted by Crippen LogP contribution is -2.04. The molecule has 0 bridgehead atoms. The molecule has 0 aromatic carbocycles. The molecule has 74 valence electrons. The fraction of sp³-hybridized carbons (Fsp3) is 0.286. The van der Waals surface area contributed by atoms with E-state index in [1.54, 1.807) is 12.5 Å². The van der Waals surface area contributed by atoms with E-state index in [4.69, 9.17) is 5.73 Å². The van der Waals surface area contributed by atoms with Crippen molar-refractivity contribution in [3.05, 3.63) is 18.2 Å². The van der Waals surface area contributed by atoms with Crippen molar-refractivity contribution in [1.29, 1.82) is 0 Å². The number of H-pyrrole nitrogens is 1. The number of nitrogens with two attached hydrogens (primary N) is 1. The van der Waals surface area contributed by atoms with Crippen molar-refractivity contribution in [3.8, 4) is 0 Å². The molecule has 0 aliphatic heterocycles. The second-order valence-electron chi connectivity index (χ2n) is 2.71. The van der Waals surface area contributed by atoms with Crippen molar-refractivity contribution in [1.82, 2.24) is 19.3 Å². The minimum absolute atomic E-state index is 0.319. The molecule has 0 spiro atoms. The molecule has 2 aromatic rings. The maximum Gasteiger partial charge on any atom is 0.233 e. The van der Waals surface area contributed by atoms with Crippen molar-refractivity contribution in [2.75, 3.05) is 17.6 Å². The Balaban J connectivity index is 1.78. The molecule has 0 unspecified atom stereocenters. The Morgan fingerprint density at radius 1 is 1.57 bits per heavy atom. The van der Waals surface area contributed by atoms with Crippen molar-refractivity contribution in [2.24, 2.45) is 0 Å². The largest absolute Gasteiger partial charge is 0.367 e. The lowest BCUT2D eigenvalue weighted by molar-refractivity contribution is 0.974. The fourth-order valence-corrected chi connectivity index (χ4v) is 1.55. The zero-order valence-corrected chi connectivity index (χ0v) is 8.21. The summed E-state index contributed by atoms with van der Waals surface area (Å²) in [4.78, 5) is 10.9. The van der Waals surface area contributed by atoms with E-state index in [1.807, 2.05) is 0 Å². The molecular weight excluding hydrogens is 200 g/mol. The molecule has 0 atom stereocenters. The number of rotatable bonds is 4. The van der Waals surface area contributed by atoms with Gasteiger partial charge in [-0.1, -0.05) is 0 Å². The summed E-state index contributed by atoms with van der Waals surface area (Å²) in [6.45, 7) is 0.789. The molecule has 7 heteroatoms. The van der Waals surface area contributed by atoms with Gasteiger partial charge in [0.05, 0.1) is 6.33 Å². The summed E-state index contributed by atoms with van der Waals surface area (Å²) in [6, 6.07) is 0. The summed E-state index contributed by atoms with van der Waals surface area (Å²) in [5.74, 6) is 0.319. The highest BCUT2D eigenvalue weighted by Crippen LogP contribution is 2.11. The topological polar surface area (TPSA) is 92.5 Å². The maximum atomic E-state index is 5.38. The van der Waals surface area contributed by atoms with E-state index in [1.165, 1.54) is 11.5 Å². The molecule has 2 heterocycles. The molecule has 2 rings (SSSR count). The van der Waals surface area contributed by atoms with Crippen LogP contribution in [0, 0.1) is 0 Å². The van der Waals surface area contributed by atoms with E-state index in [-0.39, 0.29) is 0 Å². The first-order valence-electron chi connectivity index (χ1n) is 4.15. The summed E-state index contributed by atoms with van der Waals surface area (Å²) in [7, 11) is 0. The zero-order chi connectivity index (χ0) is 9.80. The van der Waals surface area contributed by atoms with E-state index >= 15 is 0 Å². The summed E-state index contributed by atoms with van der Waals surface area (Å²) in [5.41, 5.74) is 6.47. The van der Waals surface area contributed by atoms with Gasteiger partial charge in [0, 0.05) is 36.4 Å². The number of anilines is 2. The molecule has 0 aliphatic carbocycles. The van der Waals surface area contributed by atoms with Crippen LogP contribution in [0.3, 0.4) is 0 Å². The number of aromatic nitrogens is 4. The average Bonchev–Trinajstić information content (AvgIpc) is 2.77. The van der Waals surface area contributed by atoms with Crippen LogP contribution >= 0.6 is 11.5 Å². The van der Waals surface area contributed by atoms with Crippen LogP contribution in [0.4, 0.5) is 11.1 Å². The quantitative estimate of drug-likeness (QED) is 0.683. The third-order valence-corrected chi connectivity index (χ3v) is 2.35. The highest BCUT2D eigenvalue weighted by atomic mass is 32.1. The number of nitrogens with zero attached hydrogens (tertiary/aromatic N) is 3. The summed E-state index contributed by atoms with van der Waals surface area (Å²) < 4.78 is 3.86. The first-order valence-corrected chi connectivity index (χ1v) is 4.92. The van der Waals surface area contributed by atoms with E-state index in [0.717, 1.165) is 23.8 Å². The number of imidazole rings is 1. The number of hydrogen-bond acceptors (Lipinski definition) is 6. The molecule has 0 fully saturated rings. The van der Waals surface area contributed by atoms with Gasteiger partial charge >= 0.3 is 0 Å². The van der Waals surface area contributed by atoms with Crippen LogP contribution in [-0.4, -0.2) is 25.9 Å². The van der Waals surface area contributed by atoms with Gasteiger partial charge in [-0.2, -0.15) is 9.36 Å². The normalized spacial score (nSPS) is 10.3. The first kappa shape index (κ1) is 8.95. The summed E-state index contributed by atoms with van der Waals surface area (Å²) in [6.07, 6.45) is 4.34. The highest BCUT2D eigenvalue weighted by Gasteiger charge is 1.99. The van der Waals surface area contributed by atoms with E-state index < -0.39 is 0 Å². The van der Waals surface area contributed by atoms with Crippen molar-refractivity contribution in [3.63, 3.8) is 0 Å². The van der Waals surface area contributed by atoms with Gasteiger partial charge in [-0.15, -0.1) is 0 Å².